The molecule has 0 heterocycles. The molecule has 96 valence electrons. The minimum Gasteiger partial charge on any atom is -0.748 e. The molecule has 0 rings (SSSR count). The SMILES string of the molecule is CC(=O)CS(=O)(=O)[O-].CC(=O)CS(=O)(=O)[O-].[Ca+2]. The van der Waals surface area contributed by atoms with Crippen LogP contribution in [0.1, 0.15) is 13.8 Å². The van der Waals surface area contributed by atoms with Crippen LogP contribution in [0.4, 0.5) is 0 Å². The fourth-order valence-electron chi connectivity index (χ4n) is 0.498. The summed E-state index contributed by atoms with van der Waals surface area (Å²) in [6.07, 6.45) is 0. The van der Waals surface area contributed by atoms with Gasteiger partial charge in [0.15, 0.2) is 0 Å². The molecule has 0 aromatic carbocycles. The van der Waals surface area contributed by atoms with Crippen LogP contribution in [0.5, 0.6) is 0 Å². The van der Waals surface area contributed by atoms with Crippen LogP contribution >= 0.6 is 0 Å². The monoisotopic (exact) mass is 314 g/mol. The van der Waals surface area contributed by atoms with Gasteiger partial charge in [-0.05, 0) is 13.8 Å². The van der Waals surface area contributed by atoms with E-state index in [9.17, 15) is 35.5 Å². The quantitative estimate of drug-likeness (QED) is 0.421. The molecule has 17 heavy (non-hydrogen) atoms. The van der Waals surface area contributed by atoms with Crippen LogP contribution < -0.4 is 0 Å². The van der Waals surface area contributed by atoms with Gasteiger partial charge in [0.2, 0.25) is 0 Å². The second kappa shape index (κ2) is 9.36. The Morgan fingerprint density at radius 2 is 1.00 bits per heavy atom. The normalized spacial score (nSPS) is 10.6. The average molecular weight is 314 g/mol. The second-order valence-electron chi connectivity index (χ2n) is 2.81. The van der Waals surface area contributed by atoms with E-state index in [1.54, 1.807) is 0 Å². The van der Waals surface area contributed by atoms with Gasteiger partial charge in [-0.2, -0.15) is 0 Å². The van der Waals surface area contributed by atoms with Crippen molar-refractivity contribution >= 4 is 69.5 Å². The minimum atomic E-state index is -4.32. The van der Waals surface area contributed by atoms with Crippen LogP contribution in [0.15, 0.2) is 0 Å². The first-order valence-electron chi connectivity index (χ1n) is 3.69. The maximum absolute atomic E-state index is 9.88. The minimum absolute atomic E-state index is 0. The van der Waals surface area contributed by atoms with E-state index in [-0.39, 0.29) is 37.7 Å². The molecule has 0 saturated carbocycles. The van der Waals surface area contributed by atoms with E-state index < -0.39 is 43.3 Å². The fraction of sp³-hybridized carbons (Fsp3) is 0.667. The van der Waals surface area contributed by atoms with Gasteiger partial charge in [-0.3, -0.25) is 9.59 Å². The molecule has 0 radical (unpaired) electrons. The van der Waals surface area contributed by atoms with Crippen molar-refractivity contribution in [1.29, 1.82) is 0 Å². The van der Waals surface area contributed by atoms with Gasteiger partial charge in [0.25, 0.3) is 0 Å². The van der Waals surface area contributed by atoms with Gasteiger partial charge in [0, 0.05) is 0 Å². The summed E-state index contributed by atoms with van der Waals surface area (Å²) in [5.41, 5.74) is 0. The van der Waals surface area contributed by atoms with E-state index in [0.717, 1.165) is 13.8 Å². The first kappa shape index (κ1) is 22.6. The molecule has 0 atom stereocenters. The molecule has 0 unspecified atom stereocenters. The number of carbonyl (C=O) groups is 2. The number of carbonyl (C=O) groups excluding carboxylic acids is 2. The first-order chi connectivity index (χ1) is 6.83. The predicted molar refractivity (Wildman–Crippen MR) is 56.2 cm³/mol. The number of rotatable bonds is 4. The summed E-state index contributed by atoms with van der Waals surface area (Å²) >= 11 is 0. The van der Waals surface area contributed by atoms with Gasteiger partial charge in [-0.15, -0.1) is 0 Å². The molecule has 0 aromatic heterocycles. The maximum Gasteiger partial charge on any atom is 2.00 e. The van der Waals surface area contributed by atoms with Crippen LogP contribution in [0.25, 0.3) is 0 Å². The Hall–Kier alpha value is 0.420. The third kappa shape index (κ3) is 31.4. The van der Waals surface area contributed by atoms with E-state index in [0.29, 0.717) is 0 Å². The van der Waals surface area contributed by atoms with E-state index in [4.69, 9.17) is 0 Å². The van der Waals surface area contributed by atoms with Gasteiger partial charge in [-0.1, -0.05) is 0 Å². The molecule has 0 aliphatic rings. The molecule has 0 bridgehead atoms. The van der Waals surface area contributed by atoms with Gasteiger partial charge in [-0.25, -0.2) is 16.8 Å². The van der Waals surface area contributed by atoms with E-state index in [1.807, 2.05) is 0 Å². The summed E-state index contributed by atoms with van der Waals surface area (Å²) in [5, 5.41) is 0. The van der Waals surface area contributed by atoms with E-state index >= 15 is 0 Å². The number of hydrogen-bond donors (Lipinski definition) is 0. The Morgan fingerprint density at radius 1 is 0.824 bits per heavy atom. The molecule has 0 saturated heterocycles. The molecule has 0 aromatic rings. The topological polar surface area (TPSA) is 149 Å². The summed E-state index contributed by atoms with van der Waals surface area (Å²) in [4.78, 5) is 19.8. The third-order valence-corrected chi connectivity index (χ3v) is 2.28. The van der Waals surface area contributed by atoms with Gasteiger partial charge in [0.1, 0.15) is 31.8 Å². The van der Waals surface area contributed by atoms with Crippen LogP contribution in [-0.4, -0.2) is 86.8 Å². The van der Waals surface area contributed by atoms with Crippen LogP contribution in [0.3, 0.4) is 0 Å². The number of hydrogen-bond acceptors (Lipinski definition) is 8. The van der Waals surface area contributed by atoms with Gasteiger partial charge in [0.05, 0.1) is 11.5 Å². The van der Waals surface area contributed by atoms with E-state index in [1.165, 1.54) is 0 Å². The maximum atomic E-state index is 9.88. The zero-order chi connectivity index (χ0) is 13.6. The smallest absolute Gasteiger partial charge is 0.748 e. The summed E-state index contributed by atoms with van der Waals surface area (Å²) in [6, 6.07) is 0. The van der Waals surface area contributed by atoms with Gasteiger partial charge < -0.3 is 9.11 Å². The van der Waals surface area contributed by atoms with E-state index in [2.05, 4.69) is 0 Å². The fourth-order valence-corrected chi connectivity index (χ4v) is 1.49. The third-order valence-electron chi connectivity index (χ3n) is 0.760. The Kier molecular flexibility index (Phi) is 12.4. The zero-order valence-electron chi connectivity index (χ0n) is 9.20. The van der Waals surface area contributed by atoms with Crippen LogP contribution in [0, 0.1) is 0 Å². The molecular formula is C6H10CaO8S2. The molecule has 0 amide bonds. The standard InChI is InChI=1S/2C3H6O4S.Ca/c2*1-3(4)2-8(5,6)7;/h2*2H2,1H3,(H,5,6,7);/q;;+2/p-2. The largest absolute Gasteiger partial charge is 2.00 e. The molecule has 8 nitrogen and oxygen atoms in total. The molecule has 0 aliphatic carbocycles. The summed E-state index contributed by atoms with van der Waals surface area (Å²) < 4.78 is 58.0. The second-order valence-corrected chi connectivity index (χ2v) is 5.62. The zero-order valence-corrected chi connectivity index (χ0v) is 13.0. The Labute approximate surface area is 129 Å². The molecule has 0 fully saturated rings. The number of Topliss-reactive ketones (excluding diaryl/α,β-unsaturated/α-hetero) is 2. The molecule has 0 N–H and O–H groups in total. The summed E-state index contributed by atoms with van der Waals surface area (Å²) in [6.45, 7) is 2.10. The molecule has 0 aliphatic heterocycles. The van der Waals surface area contributed by atoms with Crippen molar-refractivity contribution in [1.82, 2.24) is 0 Å². The molecule has 0 spiro atoms. The van der Waals surface area contributed by atoms with Gasteiger partial charge >= 0.3 is 37.7 Å². The first-order valence-corrected chi connectivity index (χ1v) is 6.85. The van der Waals surface area contributed by atoms with Crippen LogP contribution in [-0.2, 0) is 29.8 Å². The van der Waals surface area contributed by atoms with Crippen molar-refractivity contribution in [3.05, 3.63) is 0 Å². The summed E-state index contributed by atoms with van der Waals surface area (Å²) in [7, 11) is -8.65. The van der Waals surface area contributed by atoms with Crippen LogP contribution in [0.2, 0.25) is 0 Å². The van der Waals surface area contributed by atoms with Crippen molar-refractivity contribution in [3.63, 3.8) is 0 Å². The molecule has 11 heteroatoms. The molecular weight excluding hydrogens is 304 g/mol. The van der Waals surface area contributed by atoms with Crippen molar-refractivity contribution in [2.75, 3.05) is 11.5 Å². The Bertz CT molecular complexity index is 404. The predicted octanol–water partition coefficient (Wildman–Crippen LogP) is -2.14. The average Bonchev–Trinajstić information content (AvgIpc) is 1.72. The Balaban J connectivity index is -0.000000218. The Morgan fingerprint density at radius 3 is 1.00 bits per heavy atom. The summed E-state index contributed by atoms with van der Waals surface area (Å²) in [5.74, 6) is -3.04. The van der Waals surface area contributed by atoms with Crippen molar-refractivity contribution < 1.29 is 35.5 Å². The van der Waals surface area contributed by atoms with Crippen molar-refractivity contribution in [3.8, 4) is 0 Å². The number of ketones is 2. The van der Waals surface area contributed by atoms with Crippen molar-refractivity contribution in [2.45, 2.75) is 13.8 Å². The van der Waals surface area contributed by atoms with Crippen molar-refractivity contribution in [2.24, 2.45) is 0 Å².